The largest absolute Gasteiger partial charge is 0.341 e. The van der Waals surface area contributed by atoms with Gasteiger partial charge in [0.1, 0.15) is 6.04 Å². The van der Waals surface area contributed by atoms with Gasteiger partial charge >= 0.3 is 0 Å². The van der Waals surface area contributed by atoms with E-state index in [4.69, 9.17) is 11.6 Å². The summed E-state index contributed by atoms with van der Waals surface area (Å²) in [5.74, 6) is 0.0721. The van der Waals surface area contributed by atoms with Gasteiger partial charge in [0.25, 0.3) is 5.91 Å². The number of rotatable bonds is 2. The summed E-state index contributed by atoms with van der Waals surface area (Å²) in [5.41, 5.74) is 0.635. The molecule has 2 aliphatic heterocycles. The molecule has 1 aromatic carbocycles. The van der Waals surface area contributed by atoms with Crippen LogP contribution in [0.1, 0.15) is 42.5 Å². The van der Waals surface area contributed by atoms with Crippen molar-refractivity contribution < 1.29 is 9.59 Å². The van der Waals surface area contributed by atoms with Gasteiger partial charge in [0.05, 0.1) is 5.56 Å². The highest BCUT2D eigenvalue weighted by Crippen LogP contribution is 2.26. The average Bonchev–Trinajstić information content (AvgIpc) is 3.08. The Kier molecular flexibility index (Phi) is 5.46. The van der Waals surface area contributed by atoms with Gasteiger partial charge in [-0.25, -0.2) is 0 Å². The molecule has 2 aliphatic rings. The summed E-state index contributed by atoms with van der Waals surface area (Å²) >= 11 is 8.11. The average molecular weight is 447 g/mol. The monoisotopic (exact) mass is 446 g/mol. The Morgan fingerprint density at radius 2 is 1.78 bits per heavy atom. The third kappa shape index (κ3) is 3.65. The summed E-state index contributed by atoms with van der Waals surface area (Å²) in [4.78, 5) is 29.5. The maximum atomic E-state index is 13.0. The summed E-state index contributed by atoms with van der Waals surface area (Å²) in [6, 6.07) is 4.98. The number of likely N-dealkylation sites (tertiary alicyclic amines) is 2. The first kappa shape index (κ1) is 17.0. The summed E-state index contributed by atoms with van der Waals surface area (Å²) in [5, 5.41) is 0.620. The molecule has 1 aromatic rings. The van der Waals surface area contributed by atoms with Crippen LogP contribution >= 0.6 is 34.2 Å². The maximum absolute atomic E-state index is 13.0. The van der Waals surface area contributed by atoms with E-state index in [0.29, 0.717) is 17.1 Å². The third-order valence-corrected chi connectivity index (χ3v) is 5.76. The zero-order valence-electron chi connectivity index (χ0n) is 12.9. The highest BCUT2D eigenvalue weighted by molar-refractivity contribution is 14.1. The fourth-order valence-electron chi connectivity index (χ4n) is 3.40. The minimum atomic E-state index is -0.305. The molecule has 0 N–H and O–H groups in total. The number of hydrogen-bond acceptors (Lipinski definition) is 2. The van der Waals surface area contributed by atoms with Crippen molar-refractivity contribution in [3.8, 4) is 0 Å². The van der Waals surface area contributed by atoms with Gasteiger partial charge in [-0.15, -0.1) is 0 Å². The van der Waals surface area contributed by atoms with E-state index in [9.17, 15) is 9.59 Å². The molecule has 0 aromatic heterocycles. The molecule has 2 saturated heterocycles. The van der Waals surface area contributed by atoms with E-state index >= 15 is 0 Å². The van der Waals surface area contributed by atoms with E-state index in [-0.39, 0.29) is 17.9 Å². The van der Waals surface area contributed by atoms with Crippen LogP contribution in [0.3, 0.4) is 0 Å². The van der Waals surface area contributed by atoms with E-state index in [2.05, 4.69) is 22.6 Å². The molecule has 0 unspecified atom stereocenters. The van der Waals surface area contributed by atoms with Crippen LogP contribution in [-0.2, 0) is 4.79 Å². The van der Waals surface area contributed by atoms with Crippen molar-refractivity contribution in [2.24, 2.45) is 0 Å². The minimum absolute atomic E-state index is 0.0525. The van der Waals surface area contributed by atoms with E-state index in [1.165, 1.54) is 0 Å². The van der Waals surface area contributed by atoms with Crippen LogP contribution in [0, 0.1) is 3.57 Å². The van der Waals surface area contributed by atoms with Crippen LogP contribution in [0.15, 0.2) is 18.2 Å². The van der Waals surface area contributed by atoms with Crippen molar-refractivity contribution in [1.82, 2.24) is 9.80 Å². The van der Waals surface area contributed by atoms with Gasteiger partial charge < -0.3 is 9.80 Å². The molecule has 2 amide bonds. The van der Waals surface area contributed by atoms with Gasteiger partial charge in [-0.2, -0.15) is 0 Å². The summed E-state index contributed by atoms with van der Waals surface area (Å²) in [6.07, 6.45) is 4.87. The number of benzene rings is 1. The molecule has 0 spiro atoms. The van der Waals surface area contributed by atoms with Crippen molar-refractivity contribution in [2.45, 2.75) is 38.1 Å². The minimum Gasteiger partial charge on any atom is -0.341 e. The molecule has 23 heavy (non-hydrogen) atoms. The Hall–Kier alpha value is -0.820. The lowest BCUT2D eigenvalue weighted by molar-refractivity contribution is -0.136. The quantitative estimate of drug-likeness (QED) is 0.652. The number of halogens is 2. The Morgan fingerprint density at radius 1 is 1.09 bits per heavy atom. The fraction of sp³-hybridized carbons (Fsp3) is 0.529. The van der Waals surface area contributed by atoms with E-state index in [1.54, 1.807) is 23.1 Å². The summed E-state index contributed by atoms with van der Waals surface area (Å²) < 4.78 is 0.832. The predicted molar refractivity (Wildman–Crippen MR) is 98.7 cm³/mol. The molecule has 1 atom stereocenters. The smallest absolute Gasteiger partial charge is 0.255 e. The Balaban J connectivity index is 1.82. The number of amides is 2. The fourth-order valence-corrected chi connectivity index (χ4v) is 4.50. The highest BCUT2D eigenvalue weighted by Gasteiger charge is 2.36. The second-order valence-electron chi connectivity index (χ2n) is 6.17. The first-order valence-electron chi connectivity index (χ1n) is 8.13. The molecular weight excluding hydrogens is 427 g/mol. The lowest BCUT2D eigenvalue weighted by atomic mass is 9.99. The normalized spacial score (nSPS) is 21.6. The van der Waals surface area contributed by atoms with Crippen LogP contribution in [0.25, 0.3) is 0 Å². The number of nitrogens with zero attached hydrogens (tertiary/aromatic N) is 2. The molecular formula is C17H20ClIN2O2. The second kappa shape index (κ2) is 7.38. The number of carbonyl (C=O) groups is 2. The van der Waals surface area contributed by atoms with Gasteiger partial charge in [0, 0.05) is 28.2 Å². The first-order valence-corrected chi connectivity index (χ1v) is 9.58. The van der Waals surface area contributed by atoms with Gasteiger partial charge in [-0.05, 0) is 72.9 Å². The standard InChI is InChI=1S/C17H20ClIN2O2/c18-12-6-7-13(14(19)11-12)16(22)21-10-2-1-5-15(21)17(23)20-8-3-4-9-20/h6-7,11,15H,1-5,8-10H2/t15-/m1/s1. The molecule has 0 aliphatic carbocycles. The topological polar surface area (TPSA) is 40.6 Å². The molecule has 124 valence electrons. The lowest BCUT2D eigenvalue weighted by Gasteiger charge is -2.37. The molecule has 0 radical (unpaired) electrons. The zero-order valence-corrected chi connectivity index (χ0v) is 15.8. The first-order chi connectivity index (χ1) is 11.1. The summed E-state index contributed by atoms with van der Waals surface area (Å²) in [7, 11) is 0. The SMILES string of the molecule is O=C([C@H]1CCCCN1C(=O)c1ccc(Cl)cc1I)N1CCCC1. The molecule has 3 rings (SSSR count). The maximum Gasteiger partial charge on any atom is 0.255 e. The summed E-state index contributed by atoms with van der Waals surface area (Å²) in [6.45, 7) is 2.31. The van der Waals surface area contributed by atoms with Crippen molar-refractivity contribution in [3.05, 3.63) is 32.4 Å². The number of carbonyl (C=O) groups excluding carboxylic acids is 2. The van der Waals surface area contributed by atoms with Crippen LogP contribution < -0.4 is 0 Å². The Morgan fingerprint density at radius 3 is 2.48 bits per heavy atom. The van der Waals surface area contributed by atoms with Gasteiger partial charge in [0.2, 0.25) is 5.91 Å². The van der Waals surface area contributed by atoms with Crippen molar-refractivity contribution in [2.75, 3.05) is 19.6 Å². The molecule has 0 bridgehead atoms. The van der Waals surface area contributed by atoms with Gasteiger partial charge in [-0.1, -0.05) is 11.6 Å². The lowest BCUT2D eigenvalue weighted by Crippen LogP contribution is -2.52. The second-order valence-corrected chi connectivity index (χ2v) is 7.77. The molecule has 0 saturated carbocycles. The van der Waals surface area contributed by atoms with Crippen molar-refractivity contribution >= 4 is 46.0 Å². The Labute approximate surface area is 155 Å². The van der Waals surface area contributed by atoms with Gasteiger partial charge in [-0.3, -0.25) is 9.59 Å². The Bertz CT molecular complexity index is 617. The van der Waals surface area contributed by atoms with Crippen LogP contribution in [-0.4, -0.2) is 47.3 Å². The molecule has 6 heteroatoms. The number of hydrogen-bond donors (Lipinski definition) is 0. The van der Waals surface area contributed by atoms with E-state index < -0.39 is 0 Å². The predicted octanol–water partition coefficient (Wildman–Crippen LogP) is 3.56. The van der Waals surface area contributed by atoms with Crippen LogP contribution in [0.5, 0.6) is 0 Å². The van der Waals surface area contributed by atoms with Crippen LogP contribution in [0.2, 0.25) is 5.02 Å². The molecule has 4 nitrogen and oxygen atoms in total. The molecule has 2 fully saturated rings. The zero-order chi connectivity index (χ0) is 16.4. The van der Waals surface area contributed by atoms with Crippen molar-refractivity contribution in [3.63, 3.8) is 0 Å². The van der Waals surface area contributed by atoms with Crippen LogP contribution in [0.4, 0.5) is 0 Å². The van der Waals surface area contributed by atoms with Gasteiger partial charge in [0.15, 0.2) is 0 Å². The van der Waals surface area contributed by atoms with E-state index in [0.717, 1.165) is 48.8 Å². The third-order valence-electron chi connectivity index (χ3n) is 4.63. The highest BCUT2D eigenvalue weighted by atomic mass is 127. The number of piperidine rings is 1. The molecule has 2 heterocycles. The van der Waals surface area contributed by atoms with E-state index in [1.807, 2.05) is 4.90 Å². The van der Waals surface area contributed by atoms with Crippen molar-refractivity contribution in [1.29, 1.82) is 0 Å².